The summed E-state index contributed by atoms with van der Waals surface area (Å²) in [6.07, 6.45) is 0. The molecule has 0 atom stereocenters. The van der Waals surface area contributed by atoms with Gasteiger partial charge in [0.05, 0.1) is 10.9 Å². The monoisotopic (exact) mass is 275 g/mol. The second kappa shape index (κ2) is 6.65. The topological polar surface area (TPSA) is 71.8 Å². The van der Waals surface area contributed by atoms with Crippen molar-refractivity contribution in [2.75, 3.05) is 0 Å². The smallest absolute Gasteiger partial charge is 0.332 e. The standard InChI is InChI=1S/C13H12FN3O.C2H6/c1-7(15)11-8(2)16-17-12(11)9-3-5-10(6-4-9)13(14)18;1-2/h3-6,16H,2,15H2,1H3;1-2H3/b11-7-;. The first-order valence-electron chi connectivity index (χ1n) is 6.30. The van der Waals surface area contributed by atoms with Crippen molar-refractivity contribution in [3.63, 3.8) is 0 Å². The molecule has 5 heteroatoms. The number of carbonyl (C=O) groups is 1. The van der Waals surface area contributed by atoms with Crippen LogP contribution in [0.25, 0.3) is 23.5 Å². The fourth-order valence-corrected chi connectivity index (χ4v) is 1.77. The Morgan fingerprint density at radius 1 is 1.30 bits per heavy atom. The number of rotatable bonds is 2. The van der Waals surface area contributed by atoms with E-state index in [1.54, 1.807) is 19.1 Å². The van der Waals surface area contributed by atoms with Crippen molar-refractivity contribution in [1.82, 2.24) is 10.2 Å². The first kappa shape index (κ1) is 15.6. The maximum absolute atomic E-state index is 12.5. The zero-order valence-electron chi connectivity index (χ0n) is 11.8. The first-order chi connectivity index (χ1) is 9.50. The minimum absolute atomic E-state index is 0.0131. The van der Waals surface area contributed by atoms with Gasteiger partial charge in [0.25, 0.3) is 0 Å². The Labute approximate surface area is 116 Å². The molecule has 20 heavy (non-hydrogen) atoms. The molecule has 0 bridgehead atoms. The van der Waals surface area contributed by atoms with E-state index in [0.29, 0.717) is 16.7 Å². The van der Waals surface area contributed by atoms with Gasteiger partial charge < -0.3 is 5.73 Å². The van der Waals surface area contributed by atoms with Gasteiger partial charge in [-0.25, -0.2) is 0 Å². The van der Waals surface area contributed by atoms with Gasteiger partial charge in [-0.2, -0.15) is 9.49 Å². The Balaban J connectivity index is 0.000000956. The van der Waals surface area contributed by atoms with Gasteiger partial charge in [0.15, 0.2) is 0 Å². The molecule has 0 saturated heterocycles. The van der Waals surface area contributed by atoms with Gasteiger partial charge in [0.1, 0.15) is 5.69 Å². The molecule has 0 aliphatic carbocycles. The molecule has 1 heterocycles. The zero-order chi connectivity index (χ0) is 15.3. The molecule has 1 aromatic carbocycles. The lowest BCUT2D eigenvalue weighted by atomic mass is 10.1. The average Bonchev–Trinajstić information content (AvgIpc) is 2.83. The van der Waals surface area contributed by atoms with Crippen molar-refractivity contribution in [1.29, 1.82) is 0 Å². The van der Waals surface area contributed by atoms with E-state index < -0.39 is 6.04 Å². The van der Waals surface area contributed by atoms with Crippen molar-refractivity contribution in [2.45, 2.75) is 20.8 Å². The van der Waals surface area contributed by atoms with E-state index in [4.69, 9.17) is 5.73 Å². The van der Waals surface area contributed by atoms with Crippen LogP contribution in [-0.4, -0.2) is 16.2 Å². The average molecular weight is 275 g/mol. The second-order valence-electron chi connectivity index (χ2n) is 3.96. The highest BCUT2D eigenvalue weighted by Gasteiger charge is 2.08. The molecule has 0 spiro atoms. The number of nitrogens with zero attached hydrogens (tertiary/aromatic N) is 1. The Hall–Kier alpha value is -2.43. The molecule has 0 aliphatic rings. The van der Waals surface area contributed by atoms with Crippen molar-refractivity contribution >= 4 is 18.3 Å². The minimum Gasteiger partial charge on any atom is -0.402 e. The summed E-state index contributed by atoms with van der Waals surface area (Å²) in [4.78, 5) is 10.5. The van der Waals surface area contributed by atoms with E-state index in [1.165, 1.54) is 12.1 Å². The van der Waals surface area contributed by atoms with E-state index in [9.17, 15) is 9.18 Å². The lowest BCUT2D eigenvalue weighted by Gasteiger charge is -1.99. The van der Waals surface area contributed by atoms with Crippen LogP contribution in [0.3, 0.4) is 0 Å². The van der Waals surface area contributed by atoms with Gasteiger partial charge in [0, 0.05) is 16.5 Å². The number of carbonyl (C=O) groups excluding carboxylic acids is 1. The van der Waals surface area contributed by atoms with E-state index >= 15 is 0 Å². The summed E-state index contributed by atoms with van der Waals surface area (Å²) in [6, 6.07) is 4.60. The number of H-pyrrole nitrogens is 1. The number of aromatic amines is 1. The Morgan fingerprint density at radius 3 is 2.30 bits per heavy atom. The third-order valence-electron chi connectivity index (χ3n) is 2.62. The van der Waals surface area contributed by atoms with Crippen LogP contribution >= 0.6 is 0 Å². The number of nitrogens with two attached hydrogens (primary N) is 1. The van der Waals surface area contributed by atoms with E-state index in [2.05, 4.69) is 16.8 Å². The molecule has 4 nitrogen and oxygen atoms in total. The summed E-state index contributed by atoms with van der Waals surface area (Å²) in [5.41, 5.74) is 7.76. The summed E-state index contributed by atoms with van der Waals surface area (Å²) < 4.78 is 12.5. The van der Waals surface area contributed by atoms with Crippen LogP contribution < -0.4 is 16.3 Å². The van der Waals surface area contributed by atoms with Crippen LogP contribution in [0.5, 0.6) is 0 Å². The molecule has 0 unspecified atom stereocenters. The van der Waals surface area contributed by atoms with E-state index in [0.717, 1.165) is 10.8 Å². The number of hydrogen-bond donors (Lipinski definition) is 2. The SMILES string of the molecule is C=c1[nH]nc(-c2ccc(C(=O)F)cc2)/c1=C(/C)N.CC. The molecule has 0 amide bonds. The fourth-order valence-electron chi connectivity index (χ4n) is 1.77. The molecule has 2 rings (SSSR count). The van der Waals surface area contributed by atoms with Crippen molar-refractivity contribution in [3.05, 3.63) is 40.4 Å². The Bertz CT molecular complexity index is 698. The molecule has 106 valence electrons. The predicted molar refractivity (Wildman–Crippen MR) is 78.9 cm³/mol. The number of benzene rings is 1. The second-order valence-corrected chi connectivity index (χ2v) is 3.96. The van der Waals surface area contributed by atoms with Gasteiger partial charge in [-0.1, -0.05) is 32.6 Å². The molecule has 2 aromatic rings. The summed E-state index contributed by atoms with van der Waals surface area (Å²) in [5.74, 6) is 0. The normalized spacial score (nSPS) is 11.4. The molecule has 0 fully saturated rings. The predicted octanol–water partition coefficient (Wildman–Crippen LogP) is 1.71. The highest BCUT2D eigenvalue weighted by atomic mass is 19.1. The van der Waals surface area contributed by atoms with Crippen molar-refractivity contribution < 1.29 is 9.18 Å². The van der Waals surface area contributed by atoms with Crippen LogP contribution in [-0.2, 0) is 0 Å². The van der Waals surface area contributed by atoms with Gasteiger partial charge in [-0.05, 0) is 19.1 Å². The first-order valence-corrected chi connectivity index (χ1v) is 6.30. The highest BCUT2D eigenvalue weighted by molar-refractivity contribution is 5.89. The fraction of sp³-hybridized carbons (Fsp3) is 0.200. The summed E-state index contributed by atoms with van der Waals surface area (Å²) in [7, 11) is 0. The molecule has 0 aliphatic heterocycles. The largest absolute Gasteiger partial charge is 0.402 e. The Kier molecular flexibility index (Phi) is 5.20. The van der Waals surface area contributed by atoms with Crippen LogP contribution in [0.1, 0.15) is 31.1 Å². The number of hydrogen-bond acceptors (Lipinski definition) is 3. The van der Waals surface area contributed by atoms with Gasteiger partial charge in [-0.3, -0.25) is 9.89 Å². The van der Waals surface area contributed by atoms with Gasteiger partial charge in [0.2, 0.25) is 0 Å². The van der Waals surface area contributed by atoms with Crippen LogP contribution in [0.15, 0.2) is 24.3 Å². The molecular weight excluding hydrogens is 257 g/mol. The minimum atomic E-state index is -1.46. The maximum Gasteiger partial charge on any atom is 0.332 e. The van der Waals surface area contributed by atoms with Crippen LogP contribution in [0.2, 0.25) is 0 Å². The van der Waals surface area contributed by atoms with Crippen LogP contribution in [0.4, 0.5) is 4.39 Å². The molecule has 3 N–H and O–H groups in total. The number of aromatic nitrogens is 2. The quantitative estimate of drug-likeness (QED) is 0.820. The number of halogens is 1. The molecular formula is C15H18FN3O. The summed E-state index contributed by atoms with van der Waals surface area (Å²) in [6.45, 7) is 9.55. The van der Waals surface area contributed by atoms with E-state index in [1.807, 2.05) is 13.8 Å². The summed E-state index contributed by atoms with van der Waals surface area (Å²) >= 11 is 0. The summed E-state index contributed by atoms with van der Waals surface area (Å²) in [5, 5.41) is 8.22. The lowest BCUT2D eigenvalue weighted by Crippen LogP contribution is -2.27. The van der Waals surface area contributed by atoms with Crippen molar-refractivity contribution in [2.24, 2.45) is 5.73 Å². The lowest BCUT2D eigenvalue weighted by molar-refractivity contribution is 0.0836. The van der Waals surface area contributed by atoms with Gasteiger partial charge in [-0.15, -0.1) is 0 Å². The Morgan fingerprint density at radius 2 is 1.85 bits per heavy atom. The maximum atomic E-state index is 12.5. The van der Waals surface area contributed by atoms with Gasteiger partial charge >= 0.3 is 6.04 Å². The van der Waals surface area contributed by atoms with Crippen LogP contribution in [0, 0.1) is 0 Å². The van der Waals surface area contributed by atoms with Crippen molar-refractivity contribution in [3.8, 4) is 11.3 Å². The number of nitrogens with one attached hydrogen (secondary N) is 1. The highest BCUT2D eigenvalue weighted by Crippen LogP contribution is 2.14. The molecule has 0 saturated carbocycles. The molecule has 0 radical (unpaired) electrons. The zero-order valence-corrected chi connectivity index (χ0v) is 11.8. The molecule has 1 aromatic heterocycles. The third kappa shape index (κ3) is 3.12. The van der Waals surface area contributed by atoms with E-state index in [-0.39, 0.29) is 5.56 Å². The third-order valence-corrected chi connectivity index (χ3v) is 2.62.